The average Bonchev–Trinajstić information content (AvgIpc) is 2.18. The van der Waals surface area contributed by atoms with Gasteiger partial charge in [-0.3, -0.25) is 10.1 Å². The highest BCUT2D eigenvalue weighted by atomic mass is 19.3. The van der Waals surface area contributed by atoms with Crippen molar-refractivity contribution in [1.29, 1.82) is 0 Å². The molecule has 82 valence electrons. The molecule has 15 heavy (non-hydrogen) atoms. The van der Waals surface area contributed by atoms with Gasteiger partial charge in [-0.15, -0.1) is 0 Å². The number of rotatable bonds is 4. The standard InChI is InChI=1S/C7H5F3N2O3/c8-6(9)7(10)15-5-2-1-4(3-11-5)12(13)14/h1-3,6-7H. The van der Waals surface area contributed by atoms with Crippen molar-refractivity contribution in [2.45, 2.75) is 12.8 Å². The molecule has 0 radical (unpaired) electrons. The summed E-state index contributed by atoms with van der Waals surface area (Å²) in [6.45, 7) is 0. The van der Waals surface area contributed by atoms with Gasteiger partial charge in [0.2, 0.25) is 5.88 Å². The molecule has 0 aromatic carbocycles. The summed E-state index contributed by atoms with van der Waals surface area (Å²) in [5, 5.41) is 10.2. The molecule has 8 heteroatoms. The SMILES string of the molecule is O=[N+]([O-])c1ccc(OC(F)C(F)F)nc1. The molecule has 0 saturated carbocycles. The maximum absolute atomic E-state index is 12.3. The van der Waals surface area contributed by atoms with E-state index in [-0.39, 0.29) is 5.69 Å². The van der Waals surface area contributed by atoms with Crippen molar-refractivity contribution in [2.24, 2.45) is 0 Å². The van der Waals surface area contributed by atoms with Gasteiger partial charge in [-0.05, 0) is 0 Å². The highest BCUT2D eigenvalue weighted by Crippen LogP contribution is 2.16. The highest BCUT2D eigenvalue weighted by molar-refractivity contribution is 5.28. The van der Waals surface area contributed by atoms with Crippen molar-refractivity contribution in [3.8, 4) is 5.88 Å². The molecular weight excluding hydrogens is 217 g/mol. The number of hydrogen-bond acceptors (Lipinski definition) is 4. The van der Waals surface area contributed by atoms with Crippen LogP contribution in [0.15, 0.2) is 18.3 Å². The van der Waals surface area contributed by atoms with E-state index in [1.807, 2.05) is 0 Å². The van der Waals surface area contributed by atoms with Gasteiger partial charge in [0.05, 0.1) is 4.92 Å². The van der Waals surface area contributed by atoms with Crippen LogP contribution in [0.25, 0.3) is 0 Å². The lowest BCUT2D eigenvalue weighted by Gasteiger charge is -2.08. The van der Waals surface area contributed by atoms with Crippen LogP contribution in [-0.4, -0.2) is 22.7 Å². The Balaban J connectivity index is 2.68. The quantitative estimate of drug-likeness (QED) is 0.576. The number of alkyl halides is 3. The van der Waals surface area contributed by atoms with Crippen LogP contribution in [0.3, 0.4) is 0 Å². The lowest BCUT2D eigenvalue weighted by atomic mass is 10.4. The fourth-order valence-corrected chi connectivity index (χ4v) is 0.717. The molecule has 1 heterocycles. The Morgan fingerprint density at radius 3 is 2.47 bits per heavy atom. The summed E-state index contributed by atoms with van der Waals surface area (Å²) in [5.41, 5.74) is -0.338. The first kappa shape index (κ1) is 11.2. The first-order valence-corrected chi connectivity index (χ1v) is 3.70. The van der Waals surface area contributed by atoms with Gasteiger partial charge >= 0.3 is 6.43 Å². The molecule has 0 aliphatic rings. The molecule has 0 fully saturated rings. The third-order valence-electron chi connectivity index (χ3n) is 1.36. The van der Waals surface area contributed by atoms with Gasteiger partial charge in [0.25, 0.3) is 12.0 Å². The normalized spacial score (nSPS) is 12.5. The highest BCUT2D eigenvalue weighted by Gasteiger charge is 2.21. The average molecular weight is 222 g/mol. The van der Waals surface area contributed by atoms with Crippen molar-refractivity contribution in [3.05, 3.63) is 28.4 Å². The number of pyridine rings is 1. The Morgan fingerprint density at radius 1 is 1.40 bits per heavy atom. The third kappa shape index (κ3) is 3.08. The lowest BCUT2D eigenvalue weighted by molar-refractivity contribution is -0.385. The van der Waals surface area contributed by atoms with Crippen LogP contribution in [0, 0.1) is 10.1 Å². The van der Waals surface area contributed by atoms with E-state index >= 15 is 0 Å². The van der Waals surface area contributed by atoms with E-state index in [1.165, 1.54) is 0 Å². The van der Waals surface area contributed by atoms with E-state index in [1.54, 1.807) is 0 Å². The van der Waals surface area contributed by atoms with Gasteiger partial charge in [0, 0.05) is 12.1 Å². The Hall–Kier alpha value is -1.86. The van der Waals surface area contributed by atoms with Gasteiger partial charge in [0.1, 0.15) is 6.20 Å². The summed E-state index contributed by atoms with van der Waals surface area (Å²) in [5.74, 6) is -0.437. The summed E-state index contributed by atoms with van der Waals surface area (Å²) in [4.78, 5) is 12.7. The topological polar surface area (TPSA) is 65.3 Å². The molecule has 0 N–H and O–H groups in total. The van der Waals surface area contributed by atoms with Crippen LogP contribution in [0.2, 0.25) is 0 Å². The van der Waals surface area contributed by atoms with Crippen molar-refractivity contribution in [1.82, 2.24) is 4.98 Å². The summed E-state index contributed by atoms with van der Waals surface area (Å²) in [6, 6.07) is 1.91. The maximum atomic E-state index is 12.3. The largest absolute Gasteiger partial charge is 0.437 e. The smallest absolute Gasteiger partial charge is 0.304 e. The molecule has 0 spiro atoms. The Labute approximate surface area is 81.6 Å². The van der Waals surface area contributed by atoms with Gasteiger partial charge in [-0.1, -0.05) is 0 Å². The van der Waals surface area contributed by atoms with Crippen molar-refractivity contribution in [2.75, 3.05) is 0 Å². The molecule has 0 amide bonds. The number of nitrogens with zero attached hydrogens (tertiary/aromatic N) is 2. The van der Waals surface area contributed by atoms with Crippen molar-refractivity contribution < 1.29 is 22.8 Å². The van der Waals surface area contributed by atoms with Crippen LogP contribution in [0.4, 0.5) is 18.9 Å². The molecule has 1 aromatic heterocycles. The first-order chi connectivity index (χ1) is 7.00. The second-order valence-electron chi connectivity index (χ2n) is 2.42. The number of hydrogen-bond donors (Lipinski definition) is 0. The lowest BCUT2D eigenvalue weighted by Crippen LogP contribution is -2.19. The number of nitro groups is 1. The zero-order chi connectivity index (χ0) is 11.4. The van der Waals surface area contributed by atoms with Crippen LogP contribution < -0.4 is 4.74 Å². The van der Waals surface area contributed by atoms with Crippen LogP contribution in [0.5, 0.6) is 5.88 Å². The Bertz CT molecular complexity index is 344. The predicted molar refractivity (Wildman–Crippen MR) is 42.4 cm³/mol. The molecule has 1 atom stereocenters. The second kappa shape index (κ2) is 4.58. The Kier molecular flexibility index (Phi) is 3.42. The minimum Gasteiger partial charge on any atom is -0.437 e. The molecule has 1 aromatic rings. The van der Waals surface area contributed by atoms with E-state index in [2.05, 4.69) is 9.72 Å². The molecule has 1 unspecified atom stereocenters. The minimum atomic E-state index is -3.29. The molecule has 0 aliphatic carbocycles. The summed E-state index contributed by atoms with van der Waals surface area (Å²) >= 11 is 0. The van der Waals surface area contributed by atoms with Gasteiger partial charge < -0.3 is 4.74 Å². The van der Waals surface area contributed by atoms with Crippen molar-refractivity contribution >= 4 is 5.69 Å². The third-order valence-corrected chi connectivity index (χ3v) is 1.36. The molecule has 0 aliphatic heterocycles. The van der Waals surface area contributed by atoms with E-state index in [0.29, 0.717) is 0 Å². The zero-order valence-electron chi connectivity index (χ0n) is 7.14. The maximum Gasteiger partial charge on any atom is 0.304 e. The van der Waals surface area contributed by atoms with Gasteiger partial charge in [-0.25, -0.2) is 13.8 Å². The molecule has 0 bridgehead atoms. The van der Waals surface area contributed by atoms with Crippen molar-refractivity contribution in [3.63, 3.8) is 0 Å². The second-order valence-corrected chi connectivity index (χ2v) is 2.42. The van der Waals surface area contributed by atoms with E-state index < -0.39 is 23.6 Å². The molecule has 5 nitrogen and oxygen atoms in total. The number of ether oxygens (including phenoxy) is 1. The minimum absolute atomic E-state index is 0.338. The summed E-state index contributed by atoms with van der Waals surface area (Å²) < 4.78 is 39.8. The Morgan fingerprint density at radius 2 is 2.07 bits per heavy atom. The number of aromatic nitrogens is 1. The monoisotopic (exact) mass is 222 g/mol. The first-order valence-electron chi connectivity index (χ1n) is 3.70. The summed E-state index contributed by atoms with van der Waals surface area (Å²) in [7, 11) is 0. The fourth-order valence-electron chi connectivity index (χ4n) is 0.717. The van der Waals surface area contributed by atoms with Gasteiger partial charge in [0.15, 0.2) is 0 Å². The molecule has 1 rings (SSSR count). The van der Waals surface area contributed by atoms with E-state index in [9.17, 15) is 23.3 Å². The number of halogens is 3. The van der Waals surface area contributed by atoms with Crippen LogP contribution in [0.1, 0.15) is 0 Å². The van der Waals surface area contributed by atoms with E-state index in [0.717, 1.165) is 18.3 Å². The molecule has 0 saturated heterocycles. The zero-order valence-corrected chi connectivity index (χ0v) is 7.14. The van der Waals surface area contributed by atoms with Crippen LogP contribution in [-0.2, 0) is 0 Å². The van der Waals surface area contributed by atoms with Crippen LogP contribution >= 0.6 is 0 Å². The predicted octanol–water partition coefficient (Wildman–Crippen LogP) is 1.93. The van der Waals surface area contributed by atoms with Gasteiger partial charge in [-0.2, -0.15) is 4.39 Å². The summed E-state index contributed by atoms with van der Waals surface area (Å²) in [6.07, 6.45) is -5.30. The fraction of sp³-hybridized carbons (Fsp3) is 0.286. The van der Waals surface area contributed by atoms with E-state index in [4.69, 9.17) is 0 Å². The molecular formula is C7H5F3N2O3.